The van der Waals surface area contributed by atoms with Gasteiger partial charge in [-0.3, -0.25) is 19.5 Å². The van der Waals surface area contributed by atoms with E-state index in [1.807, 2.05) is 0 Å². The molecular formula is C23H26Cl2FN7O4. The van der Waals surface area contributed by atoms with Crippen LogP contribution in [0.2, 0.25) is 0 Å². The summed E-state index contributed by atoms with van der Waals surface area (Å²) in [5.74, 6) is 0.550. The number of fused-ring (bicyclic) bond motifs is 1. The number of aromatic nitrogens is 2. The molecule has 198 valence electrons. The van der Waals surface area contributed by atoms with Gasteiger partial charge < -0.3 is 25.0 Å². The van der Waals surface area contributed by atoms with E-state index in [4.69, 9.17) is 4.74 Å². The van der Waals surface area contributed by atoms with Crippen molar-refractivity contribution in [2.45, 2.75) is 31.0 Å². The third-order valence-electron chi connectivity index (χ3n) is 6.89. The first-order valence-corrected chi connectivity index (χ1v) is 11.5. The lowest BCUT2D eigenvalue weighted by Crippen LogP contribution is -2.50. The molecule has 0 unspecified atom stereocenters. The highest BCUT2D eigenvalue weighted by atomic mass is 35.5. The van der Waals surface area contributed by atoms with Gasteiger partial charge >= 0.3 is 0 Å². The molecule has 2 aromatic heterocycles. The lowest BCUT2D eigenvalue weighted by molar-refractivity contribution is -0.121. The zero-order valence-corrected chi connectivity index (χ0v) is 21.3. The molecular weight excluding hydrogens is 528 g/mol. The number of aliphatic imine (C=N–C) groups is 2. The Morgan fingerprint density at radius 3 is 2.81 bits per heavy atom. The maximum absolute atomic E-state index is 14.8. The number of ether oxygens (including phenoxy) is 1. The number of aliphatic hydroxyl groups is 1. The molecule has 37 heavy (non-hydrogen) atoms. The van der Waals surface area contributed by atoms with E-state index in [-0.39, 0.29) is 67.6 Å². The summed E-state index contributed by atoms with van der Waals surface area (Å²) < 4.78 is 21.5. The zero-order chi connectivity index (χ0) is 24.2. The van der Waals surface area contributed by atoms with Crippen LogP contribution >= 0.6 is 24.8 Å². The normalized spacial score (nSPS) is 23.1. The van der Waals surface area contributed by atoms with Crippen LogP contribution < -0.4 is 16.2 Å². The summed E-state index contributed by atoms with van der Waals surface area (Å²) in [6.07, 6.45) is 4.32. The Morgan fingerprint density at radius 2 is 2.03 bits per heavy atom. The Morgan fingerprint density at radius 1 is 1.24 bits per heavy atom. The lowest BCUT2D eigenvalue weighted by Gasteiger charge is -2.37. The van der Waals surface area contributed by atoms with Gasteiger partial charge in [0.1, 0.15) is 17.3 Å². The molecule has 4 aliphatic heterocycles. The van der Waals surface area contributed by atoms with E-state index in [1.54, 1.807) is 12.3 Å². The third kappa shape index (κ3) is 4.99. The number of rotatable bonds is 5. The predicted molar refractivity (Wildman–Crippen MR) is 139 cm³/mol. The van der Waals surface area contributed by atoms with Gasteiger partial charge in [0, 0.05) is 18.7 Å². The predicted octanol–water partition coefficient (Wildman–Crippen LogP) is 0.433. The molecule has 3 N–H and O–H groups in total. The molecule has 2 aromatic rings. The highest BCUT2D eigenvalue weighted by molar-refractivity contribution is 6.15. The number of carbonyl (C=O) groups excluding carboxylic acids is 1. The van der Waals surface area contributed by atoms with Crippen LogP contribution in [0.3, 0.4) is 0 Å². The molecule has 0 saturated carbocycles. The van der Waals surface area contributed by atoms with E-state index >= 15 is 0 Å². The molecule has 1 fully saturated rings. The van der Waals surface area contributed by atoms with Gasteiger partial charge in [-0.15, -0.1) is 24.8 Å². The minimum absolute atomic E-state index is 0. The van der Waals surface area contributed by atoms with Crippen LogP contribution in [0.25, 0.3) is 11.0 Å². The van der Waals surface area contributed by atoms with Crippen LogP contribution in [-0.4, -0.2) is 76.0 Å². The maximum Gasteiger partial charge on any atom is 0.285 e. The van der Waals surface area contributed by atoms with Crippen LogP contribution in [0.1, 0.15) is 18.4 Å². The van der Waals surface area contributed by atoms with Crippen LogP contribution in [0.5, 0.6) is 0 Å². The Kier molecular flexibility index (Phi) is 7.67. The fraction of sp³-hybridized carbons (Fsp3) is 0.435. The molecule has 6 rings (SSSR count). The minimum atomic E-state index is -1.50. The largest absolute Gasteiger partial charge is 0.478 e. The SMILES string of the molecule is Cl.Cl.O=C1COC2=CN=C(CNC3CCN(C[C@]4(O)Cn5c(=O)ccc6ncc(F)c4c65)CC3)NC2=N1. The number of nitrogens with zero attached hydrogens (tertiary/aromatic N) is 5. The van der Waals surface area contributed by atoms with Crippen LogP contribution in [-0.2, 0) is 21.7 Å². The van der Waals surface area contributed by atoms with Crippen LogP contribution in [0.15, 0.2) is 45.1 Å². The lowest BCUT2D eigenvalue weighted by atomic mass is 9.93. The fourth-order valence-electron chi connectivity index (χ4n) is 5.22. The van der Waals surface area contributed by atoms with Crippen molar-refractivity contribution in [2.24, 2.45) is 9.98 Å². The molecule has 4 aliphatic rings. The number of carbonyl (C=O) groups is 1. The van der Waals surface area contributed by atoms with Crippen molar-refractivity contribution in [3.63, 3.8) is 0 Å². The highest BCUT2D eigenvalue weighted by Gasteiger charge is 2.43. The monoisotopic (exact) mass is 553 g/mol. The first kappa shape index (κ1) is 27.1. The Bertz CT molecular complexity index is 1390. The van der Waals surface area contributed by atoms with E-state index in [9.17, 15) is 19.1 Å². The number of β-amino-alcohol motifs (C(OH)–C–C–N with tert-alkyl or cyclic N) is 1. The van der Waals surface area contributed by atoms with Crippen molar-refractivity contribution >= 4 is 53.4 Å². The molecule has 11 nitrogen and oxygen atoms in total. The second-order valence-corrected chi connectivity index (χ2v) is 9.27. The highest BCUT2D eigenvalue weighted by Crippen LogP contribution is 2.37. The number of piperidine rings is 1. The summed E-state index contributed by atoms with van der Waals surface area (Å²) in [7, 11) is 0. The molecule has 0 spiro atoms. The van der Waals surface area contributed by atoms with Gasteiger partial charge in [0.05, 0.1) is 42.1 Å². The molecule has 0 aliphatic carbocycles. The van der Waals surface area contributed by atoms with Gasteiger partial charge in [-0.2, -0.15) is 4.99 Å². The molecule has 0 bridgehead atoms. The molecule has 6 heterocycles. The number of hydrogen-bond acceptors (Lipinski definition) is 9. The van der Waals surface area contributed by atoms with Crippen molar-refractivity contribution in [1.29, 1.82) is 0 Å². The van der Waals surface area contributed by atoms with Crippen molar-refractivity contribution < 1.29 is 19.0 Å². The smallest absolute Gasteiger partial charge is 0.285 e. The van der Waals surface area contributed by atoms with Gasteiger partial charge in [-0.1, -0.05) is 0 Å². The van der Waals surface area contributed by atoms with Gasteiger partial charge in [-0.05, 0) is 32.0 Å². The number of likely N-dealkylation sites (tertiary alicyclic amines) is 1. The maximum atomic E-state index is 14.8. The summed E-state index contributed by atoms with van der Waals surface area (Å²) in [5.41, 5.74) is -0.742. The quantitative estimate of drug-likeness (QED) is 0.485. The second-order valence-electron chi connectivity index (χ2n) is 9.27. The van der Waals surface area contributed by atoms with Gasteiger partial charge in [0.2, 0.25) is 0 Å². The van der Waals surface area contributed by atoms with E-state index < -0.39 is 11.4 Å². The molecule has 1 amide bonds. The summed E-state index contributed by atoms with van der Waals surface area (Å²) in [4.78, 5) is 38.3. The number of hydrogen-bond donors (Lipinski definition) is 3. The zero-order valence-electron chi connectivity index (χ0n) is 19.6. The van der Waals surface area contributed by atoms with E-state index in [0.717, 1.165) is 19.0 Å². The van der Waals surface area contributed by atoms with E-state index in [1.165, 1.54) is 10.6 Å². The average Bonchev–Trinajstić information content (AvgIpc) is 3.17. The molecule has 1 saturated heterocycles. The Labute approximate surface area is 223 Å². The second kappa shape index (κ2) is 10.5. The van der Waals surface area contributed by atoms with Crippen LogP contribution in [0.4, 0.5) is 4.39 Å². The standard InChI is InChI=1S/C23H24FN7O4.2ClH/c24-14-7-26-15-1-2-19(33)31-12-23(34,20(14)21(15)31)11-30-5-3-13(4-6-30)25-9-17-27-8-16-22(28-17)29-18(32)10-35-16;;/h1-2,7-8,13,25,34H,3-6,9-12H2,(H,27,28,29,32);2*1H/t23-;;/m0../s1. The number of nitrogens with one attached hydrogen (secondary N) is 2. The van der Waals surface area contributed by atoms with Crippen molar-refractivity contribution in [3.05, 3.63) is 52.0 Å². The van der Waals surface area contributed by atoms with Gasteiger partial charge in [0.15, 0.2) is 18.2 Å². The Hall–Kier alpha value is -2.90. The third-order valence-corrected chi connectivity index (χ3v) is 6.89. The van der Waals surface area contributed by atoms with Gasteiger partial charge in [-0.25, -0.2) is 9.38 Å². The fourth-order valence-corrected chi connectivity index (χ4v) is 5.22. The summed E-state index contributed by atoms with van der Waals surface area (Å²) in [5, 5.41) is 18.0. The van der Waals surface area contributed by atoms with E-state index in [2.05, 4.69) is 30.5 Å². The van der Waals surface area contributed by atoms with Crippen molar-refractivity contribution in [2.75, 3.05) is 32.8 Å². The molecule has 1 atom stereocenters. The topological polar surface area (TPSA) is 133 Å². The Balaban J connectivity index is 0.00000160. The van der Waals surface area contributed by atoms with Crippen molar-refractivity contribution in [3.8, 4) is 0 Å². The van der Waals surface area contributed by atoms with Crippen LogP contribution in [0, 0.1) is 5.82 Å². The number of amides is 1. The number of amidine groups is 2. The average molecular weight is 554 g/mol. The van der Waals surface area contributed by atoms with Crippen molar-refractivity contribution in [1.82, 2.24) is 25.1 Å². The summed E-state index contributed by atoms with van der Waals surface area (Å²) in [6.45, 7) is 2.06. The first-order valence-electron chi connectivity index (χ1n) is 11.5. The minimum Gasteiger partial charge on any atom is -0.478 e. The molecule has 0 aromatic carbocycles. The number of halogens is 3. The molecule has 14 heteroatoms. The van der Waals surface area contributed by atoms with E-state index in [0.29, 0.717) is 48.1 Å². The summed E-state index contributed by atoms with van der Waals surface area (Å²) >= 11 is 0. The van der Waals surface area contributed by atoms with Gasteiger partial charge in [0.25, 0.3) is 11.5 Å². The summed E-state index contributed by atoms with van der Waals surface area (Å²) in [6, 6.07) is 3.19. The molecule has 0 radical (unpaired) electrons. The number of pyridine rings is 2. The first-order chi connectivity index (χ1) is 16.9.